The minimum Gasteiger partial charge on any atom is -0.348 e. The molecular formula is C18H16ClN5. The fourth-order valence-electron chi connectivity index (χ4n) is 2.81. The summed E-state index contributed by atoms with van der Waals surface area (Å²) >= 11 is 6.10. The van der Waals surface area contributed by atoms with Crippen LogP contribution in [0.15, 0.2) is 48.5 Å². The van der Waals surface area contributed by atoms with Crippen LogP contribution in [0, 0.1) is 6.92 Å². The van der Waals surface area contributed by atoms with Crippen molar-refractivity contribution >= 4 is 34.1 Å². The Hall–Kier alpha value is -2.66. The molecule has 1 unspecified atom stereocenters. The summed E-state index contributed by atoms with van der Waals surface area (Å²) in [6, 6.07) is 15.8. The van der Waals surface area contributed by atoms with E-state index in [4.69, 9.17) is 16.6 Å². The Kier molecular flexibility index (Phi) is 3.58. The maximum atomic E-state index is 6.10. The van der Waals surface area contributed by atoms with Gasteiger partial charge in [0.25, 0.3) is 0 Å². The smallest absolute Gasteiger partial charge is 0.226 e. The van der Waals surface area contributed by atoms with Gasteiger partial charge in [0.05, 0.1) is 11.6 Å². The summed E-state index contributed by atoms with van der Waals surface area (Å²) in [7, 11) is 0. The zero-order chi connectivity index (χ0) is 16.7. The summed E-state index contributed by atoms with van der Waals surface area (Å²) in [4.78, 5) is 9.27. The van der Waals surface area contributed by atoms with Crippen molar-refractivity contribution in [3.05, 3.63) is 64.9 Å². The Morgan fingerprint density at radius 1 is 1.08 bits per heavy atom. The van der Waals surface area contributed by atoms with Crippen molar-refractivity contribution in [1.29, 1.82) is 0 Å². The highest BCUT2D eigenvalue weighted by molar-refractivity contribution is 6.30. The van der Waals surface area contributed by atoms with Gasteiger partial charge >= 0.3 is 0 Å². The van der Waals surface area contributed by atoms with Crippen molar-refractivity contribution in [1.82, 2.24) is 19.6 Å². The van der Waals surface area contributed by atoms with Gasteiger partial charge in [0.15, 0.2) is 5.65 Å². The molecule has 0 aliphatic carbocycles. The number of rotatable bonds is 3. The maximum Gasteiger partial charge on any atom is 0.226 e. The summed E-state index contributed by atoms with van der Waals surface area (Å²) in [5.74, 6) is 1.38. The highest BCUT2D eigenvalue weighted by atomic mass is 35.5. The van der Waals surface area contributed by atoms with E-state index in [9.17, 15) is 0 Å². The first-order valence-corrected chi connectivity index (χ1v) is 8.14. The van der Waals surface area contributed by atoms with Crippen molar-refractivity contribution < 1.29 is 0 Å². The van der Waals surface area contributed by atoms with Gasteiger partial charge < -0.3 is 5.32 Å². The van der Waals surface area contributed by atoms with Gasteiger partial charge in [0.1, 0.15) is 5.82 Å². The summed E-state index contributed by atoms with van der Waals surface area (Å²) in [6.07, 6.45) is 0. The van der Waals surface area contributed by atoms with Gasteiger partial charge in [-0.3, -0.25) is 0 Å². The summed E-state index contributed by atoms with van der Waals surface area (Å²) in [5.41, 5.74) is 2.78. The van der Waals surface area contributed by atoms with Crippen molar-refractivity contribution in [2.45, 2.75) is 19.9 Å². The molecule has 2 aromatic carbocycles. The lowest BCUT2D eigenvalue weighted by molar-refractivity contribution is 0.825. The number of hydrogen-bond donors (Lipinski definition) is 1. The lowest BCUT2D eigenvalue weighted by Gasteiger charge is -2.16. The van der Waals surface area contributed by atoms with Crippen LogP contribution in [-0.4, -0.2) is 19.6 Å². The normalized spacial score (nSPS) is 12.6. The molecule has 0 bridgehead atoms. The molecule has 120 valence electrons. The van der Waals surface area contributed by atoms with Crippen LogP contribution in [0.2, 0.25) is 5.02 Å². The lowest BCUT2D eigenvalue weighted by atomic mass is 10.1. The molecule has 6 heteroatoms. The van der Waals surface area contributed by atoms with Crippen LogP contribution in [0.4, 0.5) is 5.95 Å². The topological polar surface area (TPSA) is 55.1 Å². The number of hydrogen-bond acceptors (Lipinski definition) is 4. The first-order chi connectivity index (χ1) is 11.6. The monoisotopic (exact) mass is 337 g/mol. The van der Waals surface area contributed by atoms with Crippen molar-refractivity contribution in [3.63, 3.8) is 0 Å². The first kappa shape index (κ1) is 14.9. The number of anilines is 1. The Bertz CT molecular complexity index is 1040. The van der Waals surface area contributed by atoms with Crippen LogP contribution in [0.3, 0.4) is 0 Å². The van der Waals surface area contributed by atoms with E-state index in [2.05, 4.69) is 22.3 Å². The van der Waals surface area contributed by atoms with Crippen LogP contribution in [-0.2, 0) is 0 Å². The molecule has 0 radical (unpaired) electrons. The highest BCUT2D eigenvalue weighted by Crippen LogP contribution is 2.24. The van der Waals surface area contributed by atoms with Crippen LogP contribution in [0.5, 0.6) is 0 Å². The Morgan fingerprint density at radius 2 is 1.92 bits per heavy atom. The minimum absolute atomic E-state index is 0.0325. The molecule has 0 spiro atoms. The number of nitrogens with one attached hydrogen (secondary N) is 1. The SMILES string of the molecule is Cc1nc2c3ccccc3nc(NC(C)c3cccc(Cl)c3)n2n1. The number of nitrogens with zero attached hydrogens (tertiary/aromatic N) is 4. The van der Waals surface area contributed by atoms with E-state index in [1.807, 2.05) is 55.5 Å². The van der Waals surface area contributed by atoms with Gasteiger partial charge in [-0.25, -0.2) is 9.97 Å². The van der Waals surface area contributed by atoms with E-state index in [-0.39, 0.29) is 6.04 Å². The second-order valence-electron chi connectivity index (χ2n) is 5.77. The van der Waals surface area contributed by atoms with Gasteiger partial charge in [-0.15, -0.1) is 5.10 Å². The summed E-state index contributed by atoms with van der Waals surface area (Å²) in [5, 5.41) is 9.61. The fraction of sp³-hybridized carbons (Fsp3) is 0.167. The zero-order valence-corrected chi connectivity index (χ0v) is 14.1. The van der Waals surface area contributed by atoms with E-state index >= 15 is 0 Å². The largest absolute Gasteiger partial charge is 0.348 e. The van der Waals surface area contributed by atoms with Crippen LogP contribution in [0.25, 0.3) is 16.6 Å². The van der Waals surface area contributed by atoms with E-state index in [1.54, 1.807) is 4.52 Å². The number of fused-ring (bicyclic) bond motifs is 3. The molecular weight excluding hydrogens is 322 g/mol. The summed E-state index contributed by atoms with van der Waals surface area (Å²) in [6.45, 7) is 3.95. The molecule has 4 aromatic rings. The predicted molar refractivity (Wildman–Crippen MR) is 96.5 cm³/mol. The standard InChI is InChI=1S/C18H16ClN5/c1-11(13-6-5-7-14(19)10-13)20-18-22-16-9-4-3-8-15(16)17-21-12(2)23-24(17)18/h3-11H,1-2H3,(H,20,22). The molecule has 0 aliphatic rings. The highest BCUT2D eigenvalue weighted by Gasteiger charge is 2.14. The third-order valence-corrected chi connectivity index (χ3v) is 4.21. The Morgan fingerprint density at radius 3 is 2.75 bits per heavy atom. The van der Waals surface area contributed by atoms with Crippen molar-refractivity contribution in [3.8, 4) is 0 Å². The van der Waals surface area contributed by atoms with Crippen molar-refractivity contribution in [2.24, 2.45) is 0 Å². The number of aryl methyl sites for hydroxylation is 1. The number of para-hydroxylation sites is 1. The summed E-state index contributed by atoms with van der Waals surface area (Å²) < 4.78 is 1.76. The zero-order valence-electron chi connectivity index (χ0n) is 13.4. The molecule has 0 saturated carbocycles. The lowest BCUT2D eigenvalue weighted by Crippen LogP contribution is -2.12. The van der Waals surface area contributed by atoms with Crippen LogP contribution in [0.1, 0.15) is 24.4 Å². The van der Waals surface area contributed by atoms with Crippen LogP contribution >= 0.6 is 11.6 Å². The predicted octanol–water partition coefficient (Wildman–Crippen LogP) is 4.41. The molecule has 1 atom stereocenters. The molecule has 0 fully saturated rings. The van der Waals surface area contributed by atoms with Crippen molar-refractivity contribution in [2.75, 3.05) is 5.32 Å². The van der Waals surface area contributed by atoms with Gasteiger partial charge in [0.2, 0.25) is 5.95 Å². The minimum atomic E-state index is 0.0325. The molecule has 24 heavy (non-hydrogen) atoms. The molecule has 0 saturated heterocycles. The molecule has 1 N–H and O–H groups in total. The molecule has 0 amide bonds. The molecule has 5 nitrogen and oxygen atoms in total. The average Bonchev–Trinajstić information content (AvgIpc) is 2.97. The van der Waals surface area contributed by atoms with E-state index < -0.39 is 0 Å². The second kappa shape index (κ2) is 5.76. The Balaban J connectivity index is 1.83. The fourth-order valence-corrected chi connectivity index (χ4v) is 3.00. The van der Waals surface area contributed by atoms with Gasteiger partial charge in [-0.05, 0) is 43.7 Å². The van der Waals surface area contributed by atoms with E-state index in [0.29, 0.717) is 11.8 Å². The number of benzene rings is 2. The second-order valence-corrected chi connectivity index (χ2v) is 6.20. The molecule has 0 aliphatic heterocycles. The maximum absolute atomic E-state index is 6.10. The average molecular weight is 338 g/mol. The van der Waals surface area contributed by atoms with E-state index in [0.717, 1.165) is 27.1 Å². The van der Waals surface area contributed by atoms with E-state index in [1.165, 1.54) is 0 Å². The third kappa shape index (κ3) is 2.57. The van der Waals surface area contributed by atoms with Gasteiger partial charge in [-0.2, -0.15) is 4.52 Å². The molecule has 2 aromatic heterocycles. The third-order valence-electron chi connectivity index (χ3n) is 3.98. The molecule has 2 heterocycles. The number of aromatic nitrogens is 4. The van der Waals surface area contributed by atoms with Gasteiger partial charge in [0, 0.05) is 10.4 Å². The first-order valence-electron chi connectivity index (χ1n) is 7.76. The Labute approximate surface area is 144 Å². The molecule has 4 rings (SSSR count). The van der Waals surface area contributed by atoms with Gasteiger partial charge in [-0.1, -0.05) is 35.9 Å². The number of halogens is 1. The quantitative estimate of drug-likeness (QED) is 0.601. The van der Waals surface area contributed by atoms with Crippen LogP contribution < -0.4 is 5.32 Å².